The normalized spacial score (nSPS) is 11.0. The smallest absolute Gasteiger partial charge is 0.166 e. The molecule has 0 radical (unpaired) electrons. The number of hydrogen-bond acceptors (Lipinski definition) is 3. The number of phenols is 2. The van der Waals surface area contributed by atoms with Crippen LogP contribution in [-0.4, -0.2) is 16.4 Å². The largest absolute Gasteiger partial charge is 0.504 e. The van der Waals surface area contributed by atoms with Crippen LogP contribution in [0.5, 0.6) is 11.5 Å². The number of aliphatic imine (C=N–C) groups is 1. The third kappa shape index (κ3) is 2.83. The molecule has 0 unspecified atom stereocenters. The zero-order chi connectivity index (χ0) is 13.1. The van der Waals surface area contributed by atoms with Gasteiger partial charge in [0.15, 0.2) is 11.5 Å². The molecule has 92 valence electrons. The van der Waals surface area contributed by atoms with Crippen LogP contribution in [0, 0.1) is 0 Å². The number of para-hydroxylation sites is 1. The molecule has 0 aliphatic heterocycles. The Hall–Kier alpha value is -1.52. The fourth-order valence-corrected chi connectivity index (χ4v) is 1.78. The highest BCUT2D eigenvalue weighted by atomic mass is 79.9. The number of hydrogen-bond donors (Lipinski definition) is 2. The maximum absolute atomic E-state index is 9.60. The molecule has 18 heavy (non-hydrogen) atoms. The van der Waals surface area contributed by atoms with Gasteiger partial charge in [-0.2, -0.15) is 0 Å². The van der Waals surface area contributed by atoms with Crippen LogP contribution in [0.25, 0.3) is 0 Å². The SMILES string of the molecule is Oc1cccc(C=Nc2ccc(Br)c(Cl)c2)c1O. The minimum absolute atomic E-state index is 0.173. The predicted molar refractivity (Wildman–Crippen MR) is 76.2 cm³/mol. The summed E-state index contributed by atoms with van der Waals surface area (Å²) in [6, 6.07) is 9.96. The Kier molecular flexibility index (Phi) is 3.89. The lowest BCUT2D eigenvalue weighted by Gasteiger charge is -2.01. The van der Waals surface area contributed by atoms with Gasteiger partial charge in [-0.15, -0.1) is 0 Å². The van der Waals surface area contributed by atoms with Gasteiger partial charge < -0.3 is 10.2 Å². The zero-order valence-corrected chi connectivity index (χ0v) is 11.5. The van der Waals surface area contributed by atoms with Crippen LogP contribution in [0.4, 0.5) is 5.69 Å². The molecule has 0 aliphatic carbocycles. The Balaban J connectivity index is 2.30. The molecule has 0 bridgehead atoms. The monoisotopic (exact) mass is 325 g/mol. The minimum atomic E-state index is -0.190. The van der Waals surface area contributed by atoms with Crippen molar-refractivity contribution in [1.82, 2.24) is 0 Å². The molecule has 3 nitrogen and oxygen atoms in total. The maximum Gasteiger partial charge on any atom is 0.166 e. The van der Waals surface area contributed by atoms with Gasteiger partial charge in [-0.1, -0.05) is 17.7 Å². The van der Waals surface area contributed by atoms with Crippen molar-refractivity contribution < 1.29 is 10.2 Å². The van der Waals surface area contributed by atoms with Crippen molar-refractivity contribution in [2.75, 3.05) is 0 Å². The van der Waals surface area contributed by atoms with Crippen LogP contribution in [0.1, 0.15) is 5.56 Å². The third-order valence-electron chi connectivity index (χ3n) is 2.30. The standard InChI is InChI=1S/C13H9BrClNO2/c14-10-5-4-9(6-11(10)15)16-7-8-2-1-3-12(17)13(8)18/h1-7,17-18H. The molecule has 0 aromatic heterocycles. The first-order valence-corrected chi connectivity index (χ1v) is 6.25. The molecule has 0 amide bonds. The molecule has 2 aromatic carbocycles. The molecule has 0 fully saturated rings. The Bertz CT molecular complexity index is 614. The highest BCUT2D eigenvalue weighted by molar-refractivity contribution is 9.10. The van der Waals surface area contributed by atoms with Gasteiger partial charge in [0, 0.05) is 16.3 Å². The lowest BCUT2D eigenvalue weighted by atomic mass is 10.2. The average Bonchev–Trinajstić information content (AvgIpc) is 2.35. The molecule has 0 heterocycles. The molecule has 0 saturated carbocycles. The van der Waals surface area contributed by atoms with Gasteiger partial charge in [0.05, 0.1) is 10.7 Å². The average molecular weight is 327 g/mol. The summed E-state index contributed by atoms with van der Waals surface area (Å²) in [4.78, 5) is 4.18. The van der Waals surface area contributed by atoms with E-state index in [9.17, 15) is 10.2 Å². The van der Waals surface area contributed by atoms with Crippen LogP contribution in [-0.2, 0) is 0 Å². The molecule has 0 atom stereocenters. The van der Waals surface area contributed by atoms with Crippen molar-refractivity contribution in [1.29, 1.82) is 0 Å². The van der Waals surface area contributed by atoms with Crippen molar-refractivity contribution in [3.8, 4) is 11.5 Å². The van der Waals surface area contributed by atoms with Crippen molar-refractivity contribution in [3.63, 3.8) is 0 Å². The molecule has 2 aromatic rings. The number of nitrogens with zero attached hydrogens (tertiary/aromatic N) is 1. The van der Waals surface area contributed by atoms with Crippen molar-refractivity contribution >= 4 is 39.4 Å². The van der Waals surface area contributed by atoms with Gasteiger partial charge in [0.25, 0.3) is 0 Å². The van der Waals surface area contributed by atoms with Crippen LogP contribution in [0.2, 0.25) is 5.02 Å². The molecule has 0 saturated heterocycles. The lowest BCUT2D eigenvalue weighted by Crippen LogP contribution is -1.82. The Labute approximate surface area is 118 Å². The summed E-state index contributed by atoms with van der Waals surface area (Å²) < 4.78 is 0.795. The molecule has 0 aliphatic rings. The third-order valence-corrected chi connectivity index (χ3v) is 3.53. The highest BCUT2D eigenvalue weighted by Crippen LogP contribution is 2.29. The van der Waals surface area contributed by atoms with E-state index in [4.69, 9.17) is 11.6 Å². The van der Waals surface area contributed by atoms with E-state index in [1.165, 1.54) is 12.3 Å². The lowest BCUT2D eigenvalue weighted by molar-refractivity contribution is 0.403. The van der Waals surface area contributed by atoms with E-state index in [1.54, 1.807) is 30.3 Å². The number of phenolic OH excluding ortho intramolecular Hbond substituents is 2. The number of halogens is 2. The molecular formula is C13H9BrClNO2. The molecular weight excluding hydrogens is 318 g/mol. The quantitative estimate of drug-likeness (QED) is 0.640. The van der Waals surface area contributed by atoms with Crippen LogP contribution in [0.15, 0.2) is 45.9 Å². The second kappa shape index (κ2) is 5.42. The van der Waals surface area contributed by atoms with E-state index < -0.39 is 0 Å². The second-order valence-electron chi connectivity index (χ2n) is 3.57. The minimum Gasteiger partial charge on any atom is -0.504 e. The number of benzene rings is 2. The summed E-state index contributed by atoms with van der Waals surface area (Å²) >= 11 is 9.23. The van der Waals surface area contributed by atoms with Crippen molar-refractivity contribution in [2.24, 2.45) is 4.99 Å². The summed E-state index contributed by atoms with van der Waals surface area (Å²) in [5, 5.41) is 19.5. The summed E-state index contributed by atoms with van der Waals surface area (Å²) in [7, 11) is 0. The molecule has 0 spiro atoms. The Morgan fingerprint density at radius 3 is 2.67 bits per heavy atom. The van der Waals surface area contributed by atoms with Crippen molar-refractivity contribution in [3.05, 3.63) is 51.5 Å². The summed E-state index contributed by atoms with van der Waals surface area (Å²) in [5.74, 6) is -0.364. The summed E-state index contributed by atoms with van der Waals surface area (Å²) in [6.45, 7) is 0. The van der Waals surface area contributed by atoms with E-state index in [-0.39, 0.29) is 11.5 Å². The molecule has 2 rings (SSSR count). The van der Waals surface area contributed by atoms with Crippen LogP contribution >= 0.6 is 27.5 Å². The predicted octanol–water partition coefficient (Wildman–Crippen LogP) is 4.26. The molecule has 5 heteroatoms. The van der Waals surface area contributed by atoms with Gasteiger partial charge in [-0.05, 0) is 46.3 Å². The van der Waals surface area contributed by atoms with E-state index in [0.717, 1.165) is 4.47 Å². The zero-order valence-electron chi connectivity index (χ0n) is 9.14. The fraction of sp³-hybridized carbons (Fsp3) is 0. The van der Waals surface area contributed by atoms with Gasteiger partial charge in [0.1, 0.15) is 0 Å². The van der Waals surface area contributed by atoms with E-state index >= 15 is 0 Å². The second-order valence-corrected chi connectivity index (χ2v) is 4.83. The van der Waals surface area contributed by atoms with Crippen LogP contribution in [0.3, 0.4) is 0 Å². The summed E-state index contributed by atoms with van der Waals surface area (Å²) in [6.07, 6.45) is 1.47. The Morgan fingerprint density at radius 2 is 1.94 bits per heavy atom. The first-order chi connectivity index (χ1) is 8.58. The first-order valence-electron chi connectivity index (χ1n) is 5.08. The van der Waals surface area contributed by atoms with E-state index in [2.05, 4.69) is 20.9 Å². The highest BCUT2D eigenvalue weighted by Gasteiger charge is 2.03. The van der Waals surface area contributed by atoms with Gasteiger partial charge in [-0.25, -0.2) is 0 Å². The van der Waals surface area contributed by atoms with Gasteiger partial charge >= 0.3 is 0 Å². The number of rotatable bonds is 2. The van der Waals surface area contributed by atoms with Crippen molar-refractivity contribution in [2.45, 2.75) is 0 Å². The molecule has 2 N–H and O–H groups in total. The topological polar surface area (TPSA) is 52.8 Å². The number of aromatic hydroxyl groups is 2. The summed E-state index contributed by atoms with van der Waals surface area (Å²) in [5.41, 5.74) is 1.10. The first kappa shape index (κ1) is 12.9. The fourth-order valence-electron chi connectivity index (χ4n) is 1.36. The van der Waals surface area contributed by atoms with Gasteiger partial charge in [-0.3, -0.25) is 4.99 Å². The van der Waals surface area contributed by atoms with Gasteiger partial charge in [0.2, 0.25) is 0 Å². The Morgan fingerprint density at radius 1 is 1.17 bits per heavy atom. The maximum atomic E-state index is 9.60. The van der Waals surface area contributed by atoms with E-state index in [1.807, 2.05) is 0 Å². The van der Waals surface area contributed by atoms with E-state index in [0.29, 0.717) is 16.3 Å². The van der Waals surface area contributed by atoms with Crippen LogP contribution < -0.4 is 0 Å².